The first-order chi connectivity index (χ1) is 6.72. The van der Waals surface area contributed by atoms with E-state index in [2.05, 4.69) is 22.3 Å². The van der Waals surface area contributed by atoms with E-state index < -0.39 is 0 Å². The molecule has 0 radical (unpaired) electrons. The topological polar surface area (TPSA) is 69.6 Å². The lowest BCUT2D eigenvalue weighted by atomic mass is 10.1. The monoisotopic (exact) mass is 195 g/mol. The van der Waals surface area contributed by atoms with Crippen molar-refractivity contribution >= 4 is 0 Å². The Labute approximate surface area is 83.7 Å². The predicted molar refractivity (Wildman–Crippen MR) is 52.6 cm³/mol. The fraction of sp³-hybridized carbons (Fsp3) is 0.889. The van der Waals surface area contributed by atoms with Crippen molar-refractivity contribution in [2.24, 2.45) is 5.73 Å². The Bertz CT molecular complexity index is 302. The van der Waals surface area contributed by atoms with E-state index in [0.29, 0.717) is 0 Å². The van der Waals surface area contributed by atoms with Crippen molar-refractivity contribution in [3.8, 4) is 0 Å². The molecule has 1 fully saturated rings. The summed E-state index contributed by atoms with van der Waals surface area (Å²) in [5, 5.41) is 12.2. The Morgan fingerprint density at radius 1 is 1.50 bits per heavy atom. The Morgan fingerprint density at radius 3 is 2.93 bits per heavy atom. The van der Waals surface area contributed by atoms with Crippen LogP contribution in [-0.2, 0) is 13.0 Å². The third kappa shape index (κ3) is 2.29. The molecule has 1 saturated carbocycles. The number of nitrogens with two attached hydrogens (primary N) is 1. The highest BCUT2D eigenvalue weighted by Crippen LogP contribution is 2.36. The molecule has 0 saturated heterocycles. The van der Waals surface area contributed by atoms with Crippen molar-refractivity contribution in [1.29, 1.82) is 0 Å². The number of hydrogen-bond acceptors (Lipinski definition) is 4. The van der Waals surface area contributed by atoms with Crippen LogP contribution in [0.3, 0.4) is 0 Å². The van der Waals surface area contributed by atoms with Crippen LogP contribution in [-0.4, -0.2) is 25.7 Å². The molecular formula is C9H17N5. The first kappa shape index (κ1) is 9.58. The summed E-state index contributed by atoms with van der Waals surface area (Å²) in [4.78, 5) is 1.66. The standard InChI is InChI=1S/C9H17N5/c1-2-7-14-12-8(11-13-14)3-4-9(10)5-6-9/h2-7,10H2,1H3. The fourth-order valence-electron chi connectivity index (χ4n) is 1.44. The summed E-state index contributed by atoms with van der Waals surface area (Å²) in [5.41, 5.74) is 6.07. The molecule has 14 heavy (non-hydrogen) atoms. The van der Waals surface area contributed by atoms with E-state index >= 15 is 0 Å². The second-order valence-electron chi connectivity index (χ2n) is 4.16. The molecule has 78 valence electrons. The molecule has 0 atom stereocenters. The van der Waals surface area contributed by atoms with E-state index in [9.17, 15) is 0 Å². The lowest BCUT2D eigenvalue weighted by Gasteiger charge is -2.03. The summed E-state index contributed by atoms with van der Waals surface area (Å²) in [6, 6.07) is 0. The molecule has 5 nitrogen and oxygen atoms in total. The maximum atomic E-state index is 5.98. The van der Waals surface area contributed by atoms with Crippen molar-refractivity contribution < 1.29 is 0 Å². The summed E-state index contributed by atoms with van der Waals surface area (Å²) in [5.74, 6) is 0.829. The molecular weight excluding hydrogens is 178 g/mol. The maximum Gasteiger partial charge on any atom is 0.174 e. The van der Waals surface area contributed by atoms with Gasteiger partial charge in [0.25, 0.3) is 0 Å². The van der Waals surface area contributed by atoms with Crippen LogP contribution >= 0.6 is 0 Å². The molecule has 2 N–H and O–H groups in total. The Balaban J connectivity index is 1.83. The van der Waals surface area contributed by atoms with Crippen LogP contribution in [0.25, 0.3) is 0 Å². The van der Waals surface area contributed by atoms with Crippen LogP contribution in [0.4, 0.5) is 0 Å². The van der Waals surface area contributed by atoms with Gasteiger partial charge in [0, 0.05) is 12.0 Å². The van der Waals surface area contributed by atoms with Crippen LogP contribution in [0.1, 0.15) is 38.4 Å². The highest BCUT2D eigenvalue weighted by Gasteiger charge is 2.37. The molecule has 1 heterocycles. The minimum absolute atomic E-state index is 0.0935. The van der Waals surface area contributed by atoms with E-state index in [0.717, 1.165) is 44.5 Å². The van der Waals surface area contributed by atoms with Crippen LogP contribution < -0.4 is 5.73 Å². The number of nitrogens with zero attached hydrogens (tertiary/aromatic N) is 4. The van der Waals surface area contributed by atoms with Crippen molar-refractivity contribution in [2.75, 3.05) is 0 Å². The quantitative estimate of drug-likeness (QED) is 0.743. The Hall–Kier alpha value is -0.970. The number of hydrogen-bond donors (Lipinski definition) is 1. The van der Waals surface area contributed by atoms with E-state index in [4.69, 9.17) is 5.73 Å². The third-order valence-electron chi connectivity index (χ3n) is 2.66. The van der Waals surface area contributed by atoms with E-state index in [1.54, 1.807) is 4.80 Å². The second-order valence-corrected chi connectivity index (χ2v) is 4.16. The third-order valence-corrected chi connectivity index (χ3v) is 2.66. The normalized spacial score (nSPS) is 18.4. The molecule has 1 aromatic rings. The lowest BCUT2D eigenvalue weighted by Crippen LogP contribution is -2.22. The van der Waals surface area contributed by atoms with E-state index in [-0.39, 0.29) is 5.54 Å². The smallest absolute Gasteiger partial charge is 0.174 e. The maximum absolute atomic E-state index is 5.98. The van der Waals surface area contributed by atoms with Crippen molar-refractivity contribution in [3.05, 3.63) is 5.82 Å². The van der Waals surface area contributed by atoms with Gasteiger partial charge in [0.1, 0.15) is 0 Å². The summed E-state index contributed by atoms with van der Waals surface area (Å²) in [6.45, 7) is 2.95. The SMILES string of the molecule is CCCn1nnc(CCC2(N)CC2)n1. The summed E-state index contributed by atoms with van der Waals surface area (Å²) in [7, 11) is 0. The number of aromatic nitrogens is 4. The lowest BCUT2D eigenvalue weighted by molar-refractivity contribution is 0.511. The second kappa shape index (κ2) is 3.65. The van der Waals surface area contributed by atoms with Crippen molar-refractivity contribution in [2.45, 2.75) is 51.1 Å². The average molecular weight is 195 g/mol. The molecule has 1 aliphatic rings. The molecule has 0 spiro atoms. The van der Waals surface area contributed by atoms with E-state index in [1.165, 1.54) is 0 Å². The zero-order valence-electron chi connectivity index (χ0n) is 8.61. The molecule has 0 unspecified atom stereocenters. The highest BCUT2D eigenvalue weighted by atomic mass is 15.6. The van der Waals surface area contributed by atoms with Gasteiger partial charge in [-0.3, -0.25) is 0 Å². The van der Waals surface area contributed by atoms with Gasteiger partial charge in [-0.05, 0) is 30.9 Å². The van der Waals surface area contributed by atoms with Gasteiger partial charge in [-0.2, -0.15) is 4.80 Å². The number of aryl methyl sites for hydroxylation is 2. The largest absolute Gasteiger partial charge is 0.325 e. The zero-order chi connectivity index (χ0) is 10.0. The molecule has 5 heteroatoms. The van der Waals surface area contributed by atoms with Crippen molar-refractivity contribution in [3.63, 3.8) is 0 Å². The van der Waals surface area contributed by atoms with Gasteiger partial charge < -0.3 is 5.73 Å². The molecule has 0 amide bonds. The van der Waals surface area contributed by atoms with Crippen LogP contribution in [0, 0.1) is 0 Å². The van der Waals surface area contributed by atoms with Crippen molar-refractivity contribution in [1.82, 2.24) is 20.2 Å². The fourth-order valence-corrected chi connectivity index (χ4v) is 1.44. The van der Waals surface area contributed by atoms with Crippen LogP contribution in [0.2, 0.25) is 0 Å². The van der Waals surface area contributed by atoms with Crippen LogP contribution in [0.5, 0.6) is 0 Å². The van der Waals surface area contributed by atoms with Gasteiger partial charge in [0.15, 0.2) is 5.82 Å². The average Bonchev–Trinajstić information content (AvgIpc) is 2.74. The molecule has 1 aromatic heterocycles. The molecule has 0 aliphatic heterocycles. The minimum atomic E-state index is 0.0935. The predicted octanol–water partition coefficient (Wildman–Crippen LogP) is 0.507. The summed E-state index contributed by atoms with van der Waals surface area (Å²) < 4.78 is 0. The minimum Gasteiger partial charge on any atom is -0.325 e. The molecule has 2 rings (SSSR count). The Morgan fingerprint density at radius 2 is 2.29 bits per heavy atom. The molecule has 0 aromatic carbocycles. The summed E-state index contributed by atoms with van der Waals surface area (Å²) in [6.07, 6.45) is 5.19. The molecule has 0 bridgehead atoms. The first-order valence-corrected chi connectivity index (χ1v) is 5.27. The highest BCUT2D eigenvalue weighted by molar-refractivity contribution is 5.00. The van der Waals surface area contributed by atoms with E-state index in [1.807, 2.05) is 0 Å². The zero-order valence-corrected chi connectivity index (χ0v) is 8.61. The number of tetrazole rings is 1. The van der Waals surface area contributed by atoms with Gasteiger partial charge in [-0.1, -0.05) is 6.92 Å². The Kier molecular flexibility index (Phi) is 2.50. The van der Waals surface area contributed by atoms with Gasteiger partial charge in [0.2, 0.25) is 0 Å². The summed E-state index contributed by atoms with van der Waals surface area (Å²) >= 11 is 0. The first-order valence-electron chi connectivity index (χ1n) is 5.27. The van der Waals surface area contributed by atoms with Gasteiger partial charge >= 0.3 is 0 Å². The molecule has 1 aliphatic carbocycles. The number of rotatable bonds is 5. The van der Waals surface area contributed by atoms with Gasteiger partial charge in [0.05, 0.1) is 6.54 Å². The van der Waals surface area contributed by atoms with Gasteiger partial charge in [-0.25, -0.2) is 0 Å². The van der Waals surface area contributed by atoms with Crippen LogP contribution in [0.15, 0.2) is 0 Å². The van der Waals surface area contributed by atoms with Gasteiger partial charge in [-0.15, -0.1) is 10.2 Å².